The van der Waals surface area contributed by atoms with Gasteiger partial charge in [-0.2, -0.15) is 0 Å². The molecule has 0 aliphatic heterocycles. The van der Waals surface area contributed by atoms with Gasteiger partial charge in [-0.15, -0.1) is 13.2 Å². The summed E-state index contributed by atoms with van der Waals surface area (Å²) in [5.74, 6) is -0.560. The number of benzene rings is 1. The van der Waals surface area contributed by atoms with Gasteiger partial charge in [0.2, 0.25) is 0 Å². The molecule has 0 aromatic heterocycles. The summed E-state index contributed by atoms with van der Waals surface area (Å²) in [6.45, 7) is 1.83. The Kier molecular flexibility index (Phi) is 4.94. The summed E-state index contributed by atoms with van der Waals surface area (Å²) in [5.41, 5.74) is 0.168. The fraction of sp³-hybridized carbons (Fsp3) is 0.333. The molecular formula is C12H11ClF3NO2. The molecule has 0 aliphatic rings. The number of alkyl halides is 3. The van der Waals surface area contributed by atoms with Gasteiger partial charge in [0.05, 0.1) is 0 Å². The lowest BCUT2D eigenvalue weighted by molar-refractivity contribution is -0.274. The van der Waals surface area contributed by atoms with E-state index in [2.05, 4.69) is 4.74 Å². The van der Waals surface area contributed by atoms with Gasteiger partial charge in [0, 0.05) is 11.3 Å². The van der Waals surface area contributed by atoms with E-state index in [-0.39, 0.29) is 16.8 Å². The number of carbonyl (C=O) groups is 1. The summed E-state index contributed by atoms with van der Waals surface area (Å²) < 4.78 is 40.2. The van der Waals surface area contributed by atoms with Crippen molar-refractivity contribution in [3.63, 3.8) is 0 Å². The summed E-state index contributed by atoms with van der Waals surface area (Å²) in [5, 5.41) is 6.80. The van der Waals surface area contributed by atoms with E-state index in [1.807, 2.05) is 6.92 Å². The van der Waals surface area contributed by atoms with E-state index < -0.39 is 17.4 Å². The van der Waals surface area contributed by atoms with Gasteiger partial charge in [-0.05, 0) is 41.8 Å². The number of ether oxygens (including phenoxy) is 1. The summed E-state index contributed by atoms with van der Waals surface area (Å²) >= 11 is 5.25. The van der Waals surface area contributed by atoms with Crippen molar-refractivity contribution >= 4 is 22.6 Å². The van der Waals surface area contributed by atoms with Crippen LogP contribution in [-0.4, -0.2) is 17.3 Å². The van der Waals surface area contributed by atoms with Crippen molar-refractivity contribution in [2.24, 2.45) is 0 Å². The summed E-state index contributed by atoms with van der Waals surface area (Å²) in [4.78, 5) is 11.1. The monoisotopic (exact) mass is 293 g/mol. The maximum absolute atomic E-state index is 12.2. The molecule has 1 N–H and O–H groups in total. The van der Waals surface area contributed by atoms with Crippen molar-refractivity contribution in [2.75, 3.05) is 0 Å². The van der Waals surface area contributed by atoms with Crippen molar-refractivity contribution in [2.45, 2.75) is 26.1 Å². The number of nitrogens with one attached hydrogen (secondary N) is 1. The third kappa shape index (κ3) is 4.90. The first-order valence-electron chi connectivity index (χ1n) is 5.41. The van der Waals surface area contributed by atoms with E-state index in [1.54, 1.807) is 0 Å². The molecule has 0 atom stereocenters. The Balaban J connectivity index is 3.18. The zero-order chi connectivity index (χ0) is 14.6. The molecule has 0 amide bonds. The molecule has 104 valence electrons. The Morgan fingerprint density at radius 1 is 1.32 bits per heavy atom. The fourth-order valence-corrected chi connectivity index (χ4v) is 1.58. The largest absolute Gasteiger partial charge is 0.573 e. The molecule has 0 spiro atoms. The first-order chi connectivity index (χ1) is 8.73. The van der Waals surface area contributed by atoms with Crippen LogP contribution in [0.25, 0.3) is 0 Å². The molecule has 0 saturated heterocycles. The first-order valence-corrected chi connectivity index (χ1v) is 5.79. The van der Waals surface area contributed by atoms with E-state index >= 15 is 0 Å². The number of hydrogen-bond donors (Lipinski definition) is 1. The highest BCUT2D eigenvalue weighted by Crippen LogP contribution is 2.26. The van der Waals surface area contributed by atoms with Crippen LogP contribution in [0, 0.1) is 5.41 Å². The molecule has 0 unspecified atom stereocenters. The molecule has 1 aromatic rings. The van der Waals surface area contributed by atoms with Crippen molar-refractivity contribution in [3.05, 3.63) is 29.3 Å². The van der Waals surface area contributed by atoms with Crippen LogP contribution in [0.3, 0.4) is 0 Å². The minimum atomic E-state index is -4.86. The summed E-state index contributed by atoms with van der Waals surface area (Å²) in [6, 6.07) is 3.23. The van der Waals surface area contributed by atoms with Crippen molar-refractivity contribution < 1.29 is 22.7 Å². The lowest BCUT2D eigenvalue weighted by atomic mass is 10.0. The third-order valence-corrected chi connectivity index (χ3v) is 2.43. The number of rotatable bonds is 5. The SMILES string of the molecule is CCCC(=N)c1cc(OC(F)(F)F)cc(C(=O)Cl)c1. The highest BCUT2D eigenvalue weighted by molar-refractivity contribution is 6.67. The smallest absolute Gasteiger partial charge is 0.406 e. The second-order valence-corrected chi connectivity index (χ2v) is 4.14. The van der Waals surface area contributed by atoms with Gasteiger partial charge in [-0.25, -0.2) is 0 Å². The maximum atomic E-state index is 12.2. The highest BCUT2D eigenvalue weighted by Gasteiger charge is 2.31. The van der Waals surface area contributed by atoms with Crippen molar-refractivity contribution in [1.29, 1.82) is 5.41 Å². The molecule has 0 bridgehead atoms. The summed E-state index contributed by atoms with van der Waals surface area (Å²) in [6.07, 6.45) is -3.82. The van der Waals surface area contributed by atoms with E-state index in [0.717, 1.165) is 12.1 Å². The molecule has 19 heavy (non-hydrogen) atoms. The van der Waals surface area contributed by atoms with Crippen LogP contribution in [0.2, 0.25) is 0 Å². The van der Waals surface area contributed by atoms with Gasteiger partial charge in [-0.1, -0.05) is 13.3 Å². The molecule has 0 heterocycles. The van der Waals surface area contributed by atoms with Gasteiger partial charge in [0.15, 0.2) is 0 Å². The number of carbonyl (C=O) groups excluding carboxylic acids is 1. The molecule has 0 radical (unpaired) electrons. The molecular weight excluding hydrogens is 283 g/mol. The Hall–Kier alpha value is -1.56. The zero-order valence-electron chi connectivity index (χ0n) is 9.97. The minimum absolute atomic E-state index is 0.120. The van der Waals surface area contributed by atoms with E-state index in [9.17, 15) is 18.0 Å². The number of hydrogen-bond acceptors (Lipinski definition) is 3. The van der Waals surface area contributed by atoms with E-state index in [1.165, 1.54) is 6.07 Å². The van der Waals surface area contributed by atoms with Crippen molar-refractivity contribution in [3.8, 4) is 5.75 Å². The van der Waals surface area contributed by atoms with Crippen LogP contribution in [0.1, 0.15) is 35.7 Å². The third-order valence-electron chi connectivity index (χ3n) is 2.22. The lowest BCUT2D eigenvalue weighted by Gasteiger charge is -2.12. The van der Waals surface area contributed by atoms with Crippen LogP contribution in [0.4, 0.5) is 13.2 Å². The Morgan fingerprint density at radius 2 is 1.89 bits per heavy atom. The normalized spacial score (nSPS) is 11.2. The van der Waals surface area contributed by atoms with Crippen molar-refractivity contribution in [1.82, 2.24) is 0 Å². The second-order valence-electron chi connectivity index (χ2n) is 3.80. The predicted molar refractivity (Wildman–Crippen MR) is 65.0 cm³/mol. The average molecular weight is 294 g/mol. The van der Waals surface area contributed by atoms with Crippen LogP contribution in [-0.2, 0) is 0 Å². The van der Waals surface area contributed by atoms with Crippen LogP contribution >= 0.6 is 11.6 Å². The highest BCUT2D eigenvalue weighted by atomic mass is 35.5. The van der Waals surface area contributed by atoms with E-state index in [4.69, 9.17) is 17.0 Å². The van der Waals surface area contributed by atoms with Gasteiger partial charge >= 0.3 is 6.36 Å². The molecule has 0 aliphatic carbocycles. The maximum Gasteiger partial charge on any atom is 0.573 e. The second kappa shape index (κ2) is 6.06. The molecule has 1 rings (SSSR count). The topological polar surface area (TPSA) is 50.1 Å². The molecule has 7 heteroatoms. The molecule has 1 aromatic carbocycles. The van der Waals surface area contributed by atoms with Crippen LogP contribution in [0.5, 0.6) is 5.75 Å². The molecule has 0 fully saturated rings. The Bertz CT molecular complexity index is 500. The standard InChI is InChI=1S/C12H11ClF3NO2/c1-2-3-10(17)7-4-8(11(13)18)6-9(5-7)19-12(14,15)16/h4-6,17H,2-3H2,1H3. The number of halogens is 4. The lowest BCUT2D eigenvalue weighted by Crippen LogP contribution is -2.17. The summed E-state index contributed by atoms with van der Waals surface area (Å²) in [7, 11) is 0. The molecule has 3 nitrogen and oxygen atoms in total. The average Bonchev–Trinajstić information content (AvgIpc) is 2.26. The fourth-order valence-electron chi connectivity index (χ4n) is 1.47. The Labute approximate surface area is 112 Å². The first kappa shape index (κ1) is 15.5. The van der Waals surface area contributed by atoms with Gasteiger partial charge in [-0.3, -0.25) is 4.79 Å². The van der Waals surface area contributed by atoms with Gasteiger partial charge in [0.25, 0.3) is 5.24 Å². The molecule has 0 saturated carbocycles. The predicted octanol–water partition coefficient (Wildman–Crippen LogP) is 4.13. The van der Waals surface area contributed by atoms with Gasteiger partial charge < -0.3 is 10.1 Å². The van der Waals surface area contributed by atoms with E-state index in [0.29, 0.717) is 12.8 Å². The van der Waals surface area contributed by atoms with Gasteiger partial charge in [0.1, 0.15) is 5.75 Å². The zero-order valence-corrected chi connectivity index (χ0v) is 10.7. The van der Waals surface area contributed by atoms with Crippen LogP contribution in [0.15, 0.2) is 18.2 Å². The minimum Gasteiger partial charge on any atom is -0.406 e. The Morgan fingerprint density at radius 3 is 2.37 bits per heavy atom. The van der Waals surface area contributed by atoms with Crippen LogP contribution < -0.4 is 4.74 Å². The quantitative estimate of drug-likeness (QED) is 0.655.